The van der Waals surface area contributed by atoms with Crippen molar-refractivity contribution in [3.63, 3.8) is 0 Å². The monoisotopic (exact) mass is 602 g/mol. The lowest BCUT2D eigenvalue weighted by Crippen LogP contribution is -2.14. The zero-order chi connectivity index (χ0) is 31.6. The maximum Gasteiger partial charge on any atom is 0.0540 e. The van der Waals surface area contributed by atoms with E-state index in [0.717, 1.165) is 39.7 Å². The summed E-state index contributed by atoms with van der Waals surface area (Å²) in [5.41, 5.74) is 10.2. The highest BCUT2D eigenvalue weighted by molar-refractivity contribution is 6.02. The molecule has 2 nitrogen and oxygen atoms in total. The molecule has 8 rings (SSSR count). The molecule has 0 unspecified atom stereocenters. The quantitative estimate of drug-likeness (QED) is 0.179. The van der Waals surface area contributed by atoms with Gasteiger partial charge in [0.2, 0.25) is 0 Å². The molecule has 0 saturated carbocycles. The van der Waals surface area contributed by atoms with Crippen LogP contribution in [0.4, 0.5) is 34.1 Å². The fourth-order valence-corrected chi connectivity index (χ4v) is 6.58. The number of hydrogen-bond donors (Lipinski definition) is 0. The highest BCUT2D eigenvalue weighted by Crippen LogP contribution is 2.45. The molecule has 0 aliphatic heterocycles. The molecule has 0 saturated heterocycles. The molecule has 0 atom stereocenters. The van der Waals surface area contributed by atoms with Crippen molar-refractivity contribution in [2.75, 3.05) is 9.80 Å². The maximum atomic E-state index is 2.40. The average molecular weight is 603 g/mol. The Morgan fingerprint density at radius 2 is 0.745 bits per heavy atom. The van der Waals surface area contributed by atoms with Crippen molar-refractivity contribution >= 4 is 55.7 Å². The summed E-state index contributed by atoms with van der Waals surface area (Å²) in [5, 5.41) is 4.83. The van der Waals surface area contributed by atoms with Crippen molar-refractivity contribution in [1.29, 1.82) is 0 Å². The summed E-state index contributed by atoms with van der Waals surface area (Å²) in [6.07, 6.45) is 0. The summed E-state index contributed by atoms with van der Waals surface area (Å²) in [7, 11) is 0. The number of para-hydroxylation sites is 2. The Bertz CT molecular complexity index is 2160. The maximum absolute atomic E-state index is 2.40. The third-order valence-corrected chi connectivity index (χ3v) is 8.85. The van der Waals surface area contributed by atoms with Crippen LogP contribution in [0.1, 0.15) is 5.56 Å². The van der Waals surface area contributed by atoms with Gasteiger partial charge in [0.15, 0.2) is 0 Å². The lowest BCUT2D eigenvalue weighted by molar-refractivity contribution is 1.26. The minimum atomic E-state index is 1.08. The Morgan fingerprint density at radius 3 is 1.23 bits per heavy atom. The third-order valence-electron chi connectivity index (χ3n) is 8.85. The molecule has 0 aliphatic rings. The minimum absolute atomic E-state index is 1.08. The Labute approximate surface area is 276 Å². The summed E-state index contributed by atoms with van der Waals surface area (Å²) in [4.78, 5) is 4.80. The van der Waals surface area contributed by atoms with Crippen molar-refractivity contribution in [2.24, 2.45) is 0 Å². The topological polar surface area (TPSA) is 6.48 Å². The van der Waals surface area contributed by atoms with Gasteiger partial charge in [0.25, 0.3) is 0 Å². The molecule has 0 heterocycles. The second kappa shape index (κ2) is 12.3. The summed E-state index contributed by atoms with van der Waals surface area (Å²) >= 11 is 0. The van der Waals surface area contributed by atoms with Crippen molar-refractivity contribution in [1.82, 2.24) is 0 Å². The molecule has 2 heteroatoms. The van der Waals surface area contributed by atoms with E-state index in [2.05, 4.69) is 205 Å². The van der Waals surface area contributed by atoms with E-state index < -0.39 is 0 Å². The summed E-state index contributed by atoms with van der Waals surface area (Å²) in [6, 6.07) is 67.7. The molecule has 8 aromatic rings. The normalized spacial score (nSPS) is 11.1. The van der Waals surface area contributed by atoms with Crippen LogP contribution in [0.3, 0.4) is 0 Å². The van der Waals surface area contributed by atoms with Gasteiger partial charge in [0.05, 0.1) is 11.4 Å². The smallest absolute Gasteiger partial charge is 0.0540 e. The van der Waals surface area contributed by atoms with Gasteiger partial charge in [-0.15, -0.1) is 0 Å². The lowest BCUT2D eigenvalue weighted by Gasteiger charge is -2.31. The van der Waals surface area contributed by atoms with Gasteiger partial charge in [-0.3, -0.25) is 0 Å². The first-order valence-corrected chi connectivity index (χ1v) is 16.1. The van der Waals surface area contributed by atoms with Gasteiger partial charge in [-0.1, -0.05) is 139 Å². The summed E-state index contributed by atoms with van der Waals surface area (Å²) < 4.78 is 0. The number of aryl methyl sites for hydroxylation is 1. The van der Waals surface area contributed by atoms with E-state index in [1.165, 1.54) is 32.7 Å². The predicted molar refractivity (Wildman–Crippen MR) is 201 cm³/mol. The van der Waals surface area contributed by atoms with E-state index in [-0.39, 0.29) is 0 Å². The van der Waals surface area contributed by atoms with Gasteiger partial charge in [-0.05, 0) is 83.4 Å². The van der Waals surface area contributed by atoms with Gasteiger partial charge in [-0.2, -0.15) is 0 Å². The van der Waals surface area contributed by atoms with Crippen molar-refractivity contribution in [3.05, 3.63) is 194 Å². The Kier molecular flexibility index (Phi) is 7.45. The molecule has 0 fully saturated rings. The zero-order valence-electron chi connectivity index (χ0n) is 26.3. The molecule has 47 heavy (non-hydrogen) atoms. The van der Waals surface area contributed by atoms with Crippen LogP contribution in [0.15, 0.2) is 188 Å². The Hall–Kier alpha value is -6.12. The summed E-state index contributed by atoms with van der Waals surface area (Å²) in [5.74, 6) is 0. The molecular formula is C45H34N2. The number of rotatable bonds is 7. The number of hydrogen-bond acceptors (Lipinski definition) is 2. The van der Waals surface area contributed by atoms with Crippen LogP contribution in [-0.4, -0.2) is 0 Å². The minimum Gasteiger partial charge on any atom is -0.310 e. The SMILES string of the molecule is Cc1ccc(-c2cc(N(c3ccccc3)c3cccc4ccccc34)cc(N(c3ccccc3)c3cccc4ccccc34)c2)cc1. The fraction of sp³-hybridized carbons (Fsp3) is 0.0222. The molecule has 0 aliphatic carbocycles. The van der Waals surface area contributed by atoms with Crippen LogP contribution in [0.5, 0.6) is 0 Å². The molecule has 224 valence electrons. The van der Waals surface area contributed by atoms with Crippen molar-refractivity contribution < 1.29 is 0 Å². The molecule has 0 N–H and O–H groups in total. The largest absolute Gasteiger partial charge is 0.310 e. The summed E-state index contributed by atoms with van der Waals surface area (Å²) in [6.45, 7) is 2.14. The van der Waals surface area contributed by atoms with Crippen LogP contribution in [0.25, 0.3) is 32.7 Å². The third kappa shape index (κ3) is 5.51. The molecule has 0 spiro atoms. The van der Waals surface area contributed by atoms with E-state index in [9.17, 15) is 0 Å². The fourth-order valence-electron chi connectivity index (χ4n) is 6.58. The first-order valence-electron chi connectivity index (χ1n) is 16.1. The van der Waals surface area contributed by atoms with E-state index in [0.29, 0.717) is 0 Å². The molecule has 0 amide bonds. The lowest BCUT2D eigenvalue weighted by atomic mass is 10.00. The van der Waals surface area contributed by atoms with Gasteiger partial charge >= 0.3 is 0 Å². The Morgan fingerprint density at radius 1 is 0.319 bits per heavy atom. The molecule has 0 bridgehead atoms. The van der Waals surface area contributed by atoms with Crippen molar-refractivity contribution in [3.8, 4) is 11.1 Å². The number of nitrogens with zero attached hydrogens (tertiary/aromatic N) is 2. The second-order valence-corrected chi connectivity index (χ2v) is 11.9. The molecule has 8 aromatic carbocycles. The number of benzene rings is 8. The van der Waals surface area contributed by atoms with E-state index in [4.69, 9.17) is 0 Å². The van der Waals surface area contributed by atoms with Gasteiger partial charge < -0.3 is 9.80 Å². The van der Waals surface area contributed by atoms with Crippen molar-refractivity contribution in [2.45, 2.75) is 6.92 Å². The molecular weight excluding hydrogens is 569 g/mol. The molecule has 0 radical (unpaired) electrons. The van der Waals surface area contributed by atoms with E-state index in [1.54, 1.807) is 0 Å². The van der Waals surface area contributed by atoms with Gasteiger partial charge in [0, 0.05) is 33.5 Å². The predicted octanol–water partition coefficient (Wildman–Crippen LogP) is 12.9. The zero-order valence-corrected chi connectivity index (χ0v) is 26.3. The van der Waals surface area contributed by atoms with Crippen LogP contribution in [0, 0.1) is 6.92 Å². The van der Waals surface area contributed by atoms with Gasteiger partial charge in [-0.25, -0.2) is 0 Å². The molecule has 0 aromatic heterocycles. The first kappa shape index (κ1) is 28.4. The van der Waals surface area contributed by atoms with Crippen LogP contribution in [0.2, 0.25) is 0 Å². The first-order chi connectivity index (χ1) is 23.2. The standard InChI is InChI=1S/C45H34N2/c1-33-26-28-34(29-27-33)37-30-40(46(38-18-4-2-5-19-38)44-24-12-16-35-14-8-10-22-42(35)44)32-41(31-37)47(39-20-6-3-7-21-39)45-25-13-17-36-15-9-11-23-43(36)45/h2-32H,1H3. The number of anilines is 6. The van der Waals surface area contributed by atoms with Crippen LogP contribution in [-0.2, 0) is 0 Å². The Balaban J connectivity index is 1.44. The highest BCUT2D eigenvalue weighted by Gasteiger charge is 2.21. The highest BCUT2D eigenvalue weighted by atomic mass is 15.2. The average Bonchev–Trinajstić information content (AvgIpc) is 3.13. The van der Waals surface area contributed by atoms with Crippen LogP contribution >= 0.6 is 0 Å². The van der Waals surface area contributed by atoms with E-state index >= 15 is 0 Å². The second-order valence-electron chi connectivity index (χ2n) is 11.9. The van der Waals surface area contributed by atoms with Gasteiger partial charge in [0.1, 0.15) is 0 Å². The van der Waals surface area contributed by atoms with E-state index in [1.807, 2.05) is 0 Å². The van der Waals surface area contributed by atoms with Crippen LogP contribution < -0.4 is 9.80 Å². The number of fused-ring (bicyclic) bond motifs is 2.